The van der Waals surface area contributed by atoms with E-state index < -0.39 is 0 Å². The molecule has 0 amide bonds. The quantitative estimate of drug-likeness (QED) is 0.339. The third-order valence-corrected chi connectivity index (χ3v) is 3.46. The maximum atomic E-state index is 4.09. The summed E-state index contributed by atoms with van der Waals surface area (Å²) in [6.07, 6.45) is 3.09. The van der Waals surface area contributed by atoms with Gasteiger partial charge < -0.3 is 0 Å². The minimum Gasteiger partial charge on any atom is -0.293 e. The van der Waals surface area contributed by atoms with Crippen LogP contribution in [0.25, 0.3) is 0 Å². The lowest BCUT2D eigenvalue weighted by molar-refractivity contribution is -0.866. The Hall–Kier alpha value is -0.210. The van der Waals surface area contributed by atoms with Gasteiger partial charge in [-0.3, -0.25) is 4.48 Å². The van der Waals surface area contributed by atoms with E-state index in [1.807, 2.05) is 17.8 Å². The van der Waals surface area contributed by atoms with E-state index in [1.54, 1.807) is 0 Å². The van der Waals surface area contributed by atoms with Crippen molar-refractivity contribution in [3.8, 4) is 0 Å². The van der Waals surface area contributed by atoms with Gasteiger partial charge in [0.25, 0.3) is 0 Å². The van der Waals surface area contributed by atoms with E-state index in [4.69, 9.17) is 0 Å². The predicted molar refractivity (Wildman–Crippen MR) is 68.5 cm³/mol. The van der Waals surface area contributed by atoms with Gasteiger partial charge in [-0.25, -0.2) is 0 Å². The van der Waals surface area contributed by atoms with E-state index in [9.17, 15) is 0 Å². The number of likely N-dealkylation sites (N-methyl/N-ethyl adjacent to an activating group) is 1. The Balaban J connectivity index is 4.23. The fourth-order valence-electron chi connectivity index (χ4n) is 1.52. The average molecular weight is 214 g/mol. The number of allylic oxidation sites excluding steroid dienone is 1. The van der Waals surface area contributed by atoms with Gasteiger partial charge in [-0.1, -0.05) is 20.4 Å². The molecule has 0 N–H and O–H groups in total. The molecule has 0 aromatic rings. The molecule has 1 atom stereocenters. The van der Waals surface area contributed by atoms with E-state index in [1.165, 1.54) is 17.9 Å². The molecule has 0 heterocycles. The molecule has 0 radical (unpaired) electrons. The molecule has 2 heteroatoms. The van der Waals surface area contributed by atoms with Gasteiger partial charge in [-0.2, -0.15) is 11.8 Å². The Morgan fingerprint density at radius 1 is 1.36 bits per heavy atom. The molecule has 0 rings (SSSR count). The normalized spacial score (nSPS) is 14.8. The Morgan fingerprint density at radius 2 is 2.00 bits per heavy atom. The lowest BCUT2D eigenvalue weighted by Crippen LogP contribution is -2.44. The summed E-state index contributed by atoms with van der Waals surface area (Å²) in [6.45, 7) is 14.7. The number of nitrogens with zero attached hydrogens (tertiary/aromatic N) is 1. The zero-order valence-electron chi connectivity index (χ0n) is 9.88. The monoisotopic (exact) mass is 214 g/mol. The van der Waals surface area contributed by atoms with Gasteiger partial charge in [0.1, 0.15) is 5.70 Å². The van der Waals surface area contributed by atoms with Crippen molar-refractivity contribution < 1.29 is 4.48 Å². The first kappa shape index (κ1) is 13.8. The SMILES string of the molecule is C=CC(=C)[N+](C)(CCC)CCSCC. The average Bonchev–Trinajstić information content (AvgIpc) is 2.17. The molecule has 1 unspecified atom stereocenters. The number of hydrogen-bond acceptors (Lipinski definition) is 1. The lowest BCUT2D eigenvalue weighted by Gasteiger charge is -2.34. The van der Waals surface area contributed by atoms with Crippen LogP contribution in [-0.2, 0) is 0 Å². The van der Waals surface area contributed by atoms with Crippen LogP contribution in [-0.4, -0.2) is 36.1 Å². The molecule has 0 saturated carbocycles. The number of thioether (sulfide) groups is 1. The summed E-state index contributed by atoms with van der Waals surface area (Å²) in [5.41, 5.74) is 1.14. The Kier molecular flexibility index (Phi) is 7.02. The Morgan fingerprint density at radius 3 is 2.43 bits per heavy atom. The molecule has 0 aliphatic rings. The zero-order chi connectivity index (χ0) is 11.0. The number of quaternary nitrogens is 1. The highest BCUT2D eigenvalue weighted by atomic mass is 32.2. The van der Waals surface area contributed by atoms with Gasteiger partial charge in [0.15, 0.2) is 0 Å². The molecule has 0 aliphatic heterocycles. The molecule has 0 aromatic heterocycles. The van der Waals surface area contributed by atoms with E-state index in [-0.39, 0.29) is 0 Å². The van der Waals surface area contributed by atoms with Crippen LogP contribution in [0.3, 0.4) is 0 Å². The molecule has 82 valence electrons. The van der Waals surface area contributed by atoms with Gasteiger partial charge in [0.05, 0.1) is 20.1 Å². The first-order valence-corrected chi connectivity index (χ1v) is 6.50. The summed E-state index contributed by atoms with van der Waals surface area (Å²) < 4.78 is 0.951. The molecule has 0 aliphatic carbocycles. The van der Waals surface area contributed by atoms with Crippen molar-refractivity contribution in [3.63, 3.8) is 0 Å². The van der Waals surface area contributed by atoms with Crippen LogP contribution in [0.15, 0.2) is 24.9 Å². The maximum Gasteiger partial charge on any atom is 0.124 e. The second-order valence-corrected chi connectivity index (χ2v) is 5.13. The fourth-order valence-corrected chi connectivity index (χ4v) is 2.34. The third-order valence-electron chi connectivity index (χ3n) is 2.58. The van der Waals surface area contributed by atoms with E-state index in [0.717, 1.165) is 23.3 Å². The molecular formula is C12H24NS+. The molecule has 14 heavy (non-hydrogen) atoms. The summed E-state index contributed by atoms with van der Waals surface area (Å²) in [5.74, 6) is 2.41. The van der Waals surface area contributed by atoms with Gasteiger partial charge >= 0.3 is 0 Å². The van der Waals surface area contributed by atoms with Crippen molar-refractivity contribution in [3.05, 3.63) is 24.9 Å². The molecule has 0 spiro atoms. The van der Waals surface area contributed by atoms with Gasteiger partial charge in [0, 0.05) is 5.75 Å². The molecule has 0 bridgehead atoms. The van der Waals surface area contributed by atoms with Crippen LogP contribution >= 0.6 is 11.8 Å². The van der Waals surface area contributed by atoms with Crippen LogP contribution < -0.4 is 0 Å². The smallest absolute Gasteiger partial charge is 0.124 e. The second-order valence-electron chi connectivity index (χ2n) is 3.74. The second kappa shape index (κ2) is 7.13. The Bertz CT molecular complexity index is 189. The highest BCUT2D eigenvalue weighted by molar-refractivity contribution is 7.99. The molecular weight excluding hydrogens is 190 g/mol. The van der Waals surface area contributed by atoms with E-state index in [2.05, 4.69) is 34.1 Å². The molecule has 1 nitrogen and oxygen atoms in total. The summed E-state index contributed by atoms with van der Waals surface area (Å²) in [4.78, 5) is 0. The highest BCUT2D eigenvalue weighted by Crippen LogP contribution is 2.16. The van der Waals surface area contributed by atoms with Crippen molar-refractivity contribution >= 4 is 11.8 Å². The largest absolute Gasteiger partial charge is 0.293 e. The van der Waals surface area contributed by atoms with Gasteiger partial charge in [-0.05, 0) is 24.8 Å². The summed E-state index contributed by atoms with van der Waals surface area (Å²) in [7, 11) is 2.25. The molecule has 0 aromatic carbocycles. The van der Waals surface area contributed by atoms with Gasteiger partial charge in [0.2, 0.25) is 0 Å². The lowest BCUT2D eigenvalue weighted by atomic mass is 10.3. The van der Waals surface area contributed by atoms with Gasteiger partial charge in [-0.15, -0.1) is 0 Å². The van der Waals surface area contributed by atoms with Crippen LogP contribution in [0.4, 0.5) is 0 Å². The minimum atomic E-state index is 0.951. The molecule has 0 fully saturated rings. The topological polar surface area (TPSA) is 0 Å². The number of rotatable bonds is 8. The van der Waals surface area contributed by atoms with Crippen molar-refractivity contribution in [1.82, 2.24) is 0 Å². The van der Waals surface area contributed by atoms with Crippen molar-refractivity contribution in [2.45, 2.75) is 20.3 Å². The van der Waals surface area contributed by atoms with Crippen LogP contribution in [0.2, 0.25) is 0 Å². The standard InChI is InChI=1S/C12H24NS/c1-6-9-13(5,12(4)7-2)10-11-14-8-3/h7H,2,4,6,8-11H2,1,3,5H3/q+1. The highest BCUT2D eigenvalue weighted by Gasteiger charge is 2.22. The van der Waals surface area contributed by atoms with Crippen LogP contribution in [0.1, 0.15) is 20.3 Å². The predicted octanol–water partition coefficient (Wildman–Crippen LogP) is 3.30. The summed E-state index contributed by atoms with van der Waals surface area (Å²) in [6, 6.07) is 0. The minimum absolute atomic E-state index is 0.951. The summed E-state index contributed by atoms with van der Waals surface area (Å²) >= 11 is 2.00. The van der Waals surface area contributed by atoms with Crippen LogP contribution in [0.5, 0.6) is 0 Å². The summed E-state index contributed by atoms with van der Waals surface area (Å²) in [5, 5.41) is 0. The Labute approximate surface area is 93.5 Å². The fraction of sp³-hybridized carbons (Fsp3) is 0.667. The maximum absolute atomic E-state index is 4.09. The van der Waals surface area contributed by atoms with E-state index in [0.29, 0.717) is 0 Å². The number of hydrogen-bond donors (Lipinski definition) is 0. The van der Waals surface area contributed by atoms with E-state index >= 15 is 0 Å². The third kappa shape index (κ3) is 4.34. The van der Waals surface area contributed by atoms with Crippen molar-refractivity contribution in [2.75, 3.05) is 31.6 Å². The molecule has 0 saturated heterocycles. The van der Waals surface area contributed by atoms with Crippen molar-refractivity contribution in [2.24, 2.45) is 0 Å². The zero-order valence-corrected chi connectivity index (χ0v) is 10.7. The van der Waals surface area contributed by atoms with Crippen molar-refractivity contribution in [1.29, 1.82) is 0 Å². The first-order valence-electron chi connectivity index (χ1n) is 5.35. The first-order chi connectivity index (χ1) is 6.60. The van der Waals surface area contributed by atoms with Crippen LogP contribution in [0, 0.1) is 0 Å².